The molecule has 0 saturated heterocycles. The van der Waals surface area contributed by atoms with Gasteiger partial charge in [-0.25, -0.2) is 0 Å². The van der Waals surface area contributed by atoms with Crippen molar-refractivity contribution >= 4 is 5.97 Å². The van der Waals surface area contributed by atoms with Crippen LogP contribution in [0.15, 0.2) is 66.7 Å². The Bertz CT molecular complexity index is 1310. The molecule has 1 unspecified atom stereocenters. The third-order valence-corrected chi connectivity index (χ3v) is 7.08. The highest BCUT2D eigenvalue weighted by Gasteiger charge is 2.31. The smallest absolute Gasteiger partial charge is 0.416 e. The molecule has 3 nitrogen and oxygen atoms in total. The third-order valence-electron chi connectivity index (χ3n) is 7.08. The zero-order valence-corrected chi connectivity index (χ0v) is 24.2. The second-order valence-corrected chi connectivity index (χ2v) is 11.6. The van der Waals surface area contributed by atoms with Gasteiger partial charge < -0.3 is 5.11 Å². The van der Waals surface area contributed by atoms with Crippen LogP contribution in [0.4, 0.5) is 26.3 Å². The lowest BCUT2D eigenvalue weighted by atomic mass is 9.87. The number of halogens is 6. The average Bonchev–Trinajstić information content (AvgIpc) is 2.89. The molecule has 3 rings (SSSR count). The highest BCUT2D eigenvalue weighted by molar-refractivity contribution is 5.77. The maximum absolute atomic E-state index is 13.2. The molecule has 0 fully saturated rings. The summed E-state index contributed by atoms with van der Waals surface area (Å²) in [5.41, 5.74) is 1.66. The van der Waals surface area contributed by atoms with Crippen LogP contribution in [0.25, 0.3) is 11.1 Å². The summed E-state index contributed by atoms with van der Waals surface area (Å²) < 4.78 is 78.7. The van der Waals surface area contributed by atoms with E-state index in [1.54, 1.807) is 6.07 Å². The van der Waals surface area contributed by atoms with E-state index < -0.39 is 35.4 Å². The quantitative estimate of drug-likeness (QED) is 0.213. The minimum Gasteiger partial charge on any atom is -0.481 e. The van der Waals surface area contributed by atoms with E-state index in [1.165, 1.54) is 24.3 Å². The fourth-order valence-electron chi connectivity index (χ4n) is 4.85. The fraction of sp³-hybridized carbons (Fsp3) is 0.424. The van der Waals surface area contributed by atoms with Gasteiger partial charge in [0.25, 0.3) is 0 Å². The number of aliphatic carboxylic acids is 1. The summed E-state index contributed by atoms with van der Waals surface area (Å²) >= 11 is 0. The molecule has 42 heavy (non-hydrogen) atoms. The highest BCUT2D eigenvalue weighted by atomic mass is 19.4. The van der Waals surface area contributed by atoms with E-state index in [4.69, 9.17) is 0 Å². The molecule has 9 heteroatoms. The first-order valence-electron chi connectivity index (χ1n) is 14.0. The van der Waals surface area contributed by atoms with Crippen LogP contribution in [-0.2, 0) is 30.2 Å². The molecule has 1 N–H and O–H groups in total. The predicted molar refractivity (Wildman–Crippen MR) is 152 cm³/mol. The van der Waals surface area contributed by atoms with Crippen LogP contribution in [0.1, 0.15) is 74.3 Å². The first kappa shape index (κ1) is 33.2. The maximum atomic E-state index is 13.2. The molecule has 0 bridgehead atoms. The molecule has 0 heterocycles. The molecule has 1 atom stereocenters. The van der Waals surface area contributed by atoms with Gasteiger partial charge in [-0.3, -0.25) is 9.69 Å². The van der Waals surface area contributed by atoms with Crippen LogP contribution in [0.3, 0.4) is 0 Å². The molecule has 3 aromatic carbocycles. The van der Waals surface area contributed by atoms with E-state index in [0.717, 1.165) is 36.2 Å². The first-order chi connectivity index (χ1) is 19.5. The Balaban J connectivity index is 2.02. The Morgan fingerprint density at radius 2 is 1.24 bits per heavy atom. The van der Waals surface area contributed by atoms with Crippen LogP contribution < -0.4 is 0 Å². The summed E-state index contributed by atoms with van der Waals surface area (Å²) in [5.74, 6) is -1.33. The number of nitrogens with zero attached hydrogens (tertiary/aromatic N) is 1. The normalized spacial score (nSPS) is 13.3. The molecule has 0 saturated carbocycles. The lowest BCUT2D eigenvalue weighted by Crippen LogP contribution is -2.25. The summed E-state index contributed by atoms with van der Waals surface area (Å²) in [6.07, 6.45) is -7.70. The molecular weight excluding hydrogens is 556 g/mol. The second-order valence-electron chi connectivity index (χ2n) is 11.6. The summed E-state index contributed by atoms with van der Waals surface area (Å²) in [6.45, 7) is 9.39. The summed E-state index contributed by atoms with van der Waals surface area (Å²) in [5, 5.41) is 10.0. The molecule has 0 amide bonds. The van der Waals surface area contributed by atoms with Crippen LogP contribution in [0.2, 0.25) is 0 Å². The van der Waals surface area contributed by atoms with Crippen molar-refractivity contribution in [1.29, 1.82) is 0 Å². The maximum Gasteiger partial charge on any atom is 0.416 e. The number of carboxylic acids is 1. The Morgan fingerprint density at radius 3 is 1.71 bits per heavy atom. The van der Waals surface area contributed by atoms with Crippen molar-refractivity contribution < 1.29 is 36.2 Å². The minimum absolute atomic E-state index is 0.0893. The number of alkyl halides is 6. The highest BCUT2D eigenvalue weighted by Crippen LogP contribution is 2.34. The Morgan fingerprint density at radius 1 is 0.714 bits per heavy atom. The summed E-state index contributed by atoms with van der Waals surface area (Å²) in [6, 6.07) is 15.2. The molecule has 0 aromatic heterocycles. The van der Waals surface area contributed by atoms with E-state index in [1.807, 2.05) is 26.0 Å². The van der Waals surface area contributed by atoms with Crippen molar-refractivity contribution in [3.8, 4) is 11.1 Å². The average molecular weight is 594 g/mol. The van der Waals surface area contributed by atoms with Crippen molar-refractivity contribution in [2.45, 2.75) is 71.9 Å². The number of hydrogen-bond acceptors (Lipinski definition) is 2. The lowest BCUT2D eigenvalue weighted by molar-refractivity contribution is -0.139. The summed E-state index contributed by atoms with van der Waals surface area (Å²) in [4.78, 5) is 14.4. The van der Waals surface area contributed by atoms with Crippen molar-refractivity contribution in [2.24, 2.45) is 11.8 Å². The third kappa shape index (κ3) is 9.61. The molecule has 0 aliphatic heterocycles. The van der Waals surface area contributed by atoms with E-state index >= 15 is 0 Å². The topological polar surface area (TPSA) is 40.5 Å². The molecule has 0 aliphatic carbocycles. The van der Waals surface area contributed by atoms with Crippen LogP contribution in [0.5, 0.6) is 0 Å². The van der Waals surface area contributed by atoms with Gasteiger partial charge in [0.15, 0.2) is 0 Å². The number of carbonyl (C=O) groups is 1. The zero-order valence-electron chi connectivity index (χ0n) is 24.2. The van der Waals surface area contributed by atoms with E-state index in [-0.39, 0.29) is 5.92 Å². The van der Waals surface area contributed by atoms with Gasteiger partial charge in [0.2, 0.25) is 0 Å². The van der Waals surface area contributed by atoms with Gasteiger partial charge in [-0.2, -0.15) is 26.3 Å². The Kier molecular flexibility index (Phi) is 10.9. The monoisotopic (exact) mass is 593 g/mol. The standard InChI is InChI=1S/C33H37F6NO2/c1-21(2)13-14-40(19-23-5-9-28(10-6-23)32(34,35)36)20-24-16-26(25-7-11-29(12-8-25)33(37,38)39)18-27(17-24)30(31(41)42)15-22(3)4/h5-12,16-18,21-22,30H,13-15,19-20H2,1-4H3,(H,41,42). The molecule has 0 radical (unpaired) electrons. The van der Waals surface area contributed by atoms with Crippen LogP contribution in [-0.4, -0.2) is 22.5 Å². The predicted octanol–water partition coefficient (Wildman–Crippen LogP) is 9.65. The van der Waals surface area contributed by atoms with Crippen LogP contribution in [0, 0.1) is 11.8 Å². The first-order valence-corrected chi connectivity index (χ1v) is 14.0. The van der Waals surface area contributed by atoms with Gasteiger partial charge in [0.05, 0.1) is 17.0 Å². The Labute approximate surface area is 243 Å². The van der Waals surface area contributed by atoms with Gasteiger partial charge in [0.1, 0.15) is 0 Å². The number of benzene rings is 3. The molecule has 0 spiro atoms. The van der Waals surface area contributed by atoms with Gasteiger partial charge in [0, 0.05) is 13.1 Å². The minimum atomic E-state index is -4.48. The largest absolute Gasteiger partial charge is 0.481 e. The van der Waals surface area contributed by atoms with Crippen molar-refractivity contribution in [3.05, 3.63) is 94.5 Å². The van der Waals surface area contributed by atoms with Gasteiger partial charge >= 0.3 is 18.3 Å². The SMILES string of the molecule is CC(C)CCN(Cc1ccc(C(F)(F)F)cc1)Cc1cc(-c2ccc(C(F)(F)F)cc2)cc(C(CC(C)C)C(=O)O)c1. The molecule has 228 valence electrons. The fourth-order valence-corrected chi connectivity index (χ4v) is 4.85. The van der Waals surface area contributed by atoms with E-state index in [0.29, 0.717) is 54.2 Å². The van der Waals surface area contributed by atoms with Crippen molar-refractivity contribution in [3.63, 3.8) is 0 Å². The lowest BCUT2D eigenvalue weighted by Gasteiger charge is -2.25. The van der Waals surface area contributed by atoms with Gasteiger partial charge in [-0.15, -0.1) is 0 Å². The number of carboxylic acid groups (broad SMARTS) is 1. The molecule has 0 aliphatic rings. The van der Waals surface area contributed by atoms with Crippen molar-refractivity contribution in [2.75, 3.05) is 6.54 Å². The second kappa shape index (κ2) is 13.8. The Hall–Kier alpha value is -3.33. The number of hydrogen-bond donors (Lipinski definition) is 1. The molecule has 3 aromatic rings. The van der Waals surface area contributed by atoms with Crippen LogP contribution >= 0.6 is 0 Å². The van der Waals surface area contributed by atoms with E-state index in [9.17, 15) is 36.2 Å². The molecular formula is C33H37F6NO2. The van der Waals surface area contributed by atoms with E-state index in [2.05, 4.69) is 18.7 Å². The van der Waals surface area contributed by atoms with Crippen molar-refractivity contribution in [1.82, 2.24) is 4.90 Å². The zero-order chi connectivity index (χ0) is 31.2. The number of rotatable bonds is 12. The summed E-state index contributed by atoms with van der Waals surface area (Å²) in [7, 11) is 0. The van der Waals surface area contributed by atoms with Gasteiger partial charge in [-0.05, 0) is 89.4 Å². The van der Waals surface area contributed by atoms with Gasteiger partial charge in [-0.1, -0.05) is 64.1 Å².